The molecule has 2 rings (SSSR count). The lowest BCUT2D eigenvalue weighted by Crippen LogP contribution is -2.31. The van der Waals surface area contributed by atoms with Gasteiger partial charge in [0.1, 0.15) is 0 Å². The third kappa shape index (κ3) is 6.37. The Morgan fingerprint density at radius 3 is 2.19 bits per heavy atom. The minimum absolute atomic E-state index is 0.0965. The van der Waals surface area contributed by atoms with Gasteiger partial charge in [-0.05, 0) is 30.2 Å². The predicted octanol–water partition coefficient (Wildman–Crippen LogP) is 1.26. The molecule has 0 bridgehead atoms. The molecular weight excluding hydrogens is 388 g/mol. The molecule has 0 aromatic heterocycles. The van der Waals surface area contributed by atoms with Gasteiger partial charge in [0.05, 0.1) is 22.0 Å². The van der Waals surface area contributed by atoms with Crippen LogP contribution in [0.15, 0.2) is 58.3 Å². The van der Waals surface area contributed by atoms with E-state index in [9.17, 15) is 21.6 Å². The van der Waals surface area contributed by atoms with Gasteiger partial charge in [-0.25, -0.2) is 16.8 Å². The van der Waals surface area contributed by atoms with Gasteiger partial charge in [-0.3, -0.25) is 4.79 Å². The molecule has 0 aliphatic heterocycles. The molecule has 0 saturated heterocycles. The van der Waals surface area contributed by atoms with Crippen LogP contribution in [-0.2, 0) is 30.9 Å². The molecule has 0 fully saturated rings. The van der Waals surface area contributed by atoms with Gasteiger partial charge in [0.15, 0.2) is 19.7 Å². The quantitative estimate of drug-likeness (QED) is 0.678. The Balaban J connectivity index is 2.01. The summed E-state index contributed by atoms with van der Waals surface area (Å²) in [5, 5.41) is 5.51. The van der Waals surface area contributed by atoms with Crippen molar-refractivity contribution in [2.45, 2.75) is 16.2 Å². The molecule has 2 N–H and O–H groups in total. The zero-order valence-electron chi connectivity index (χ0n) is 15.1. The second-order valence-corrected chi connectivity index (χ2v) is 10.1. The number of sulfone groups is 2. The van der Waals surface area contributed by atoms with Crippen molar-refractivity contribution in [3.63, 3.8) is 0 Å². The fourth-order valence-electron chi connectivity index (χ4n) is 2.42. The highest BCUT2D eigenvalue weighted by Gasteiger charge is 2.18. The normalized spacial score (nSPS) is 11.8. The van der Waals surface area contributed by atoms with Gasteiger partial charge < -0.3 is 10.6 Å². The molecule has 0 saturated carbocycles. The van der Waals surface area contributed by atoms with Crippen LogP contribution in [0.25, 0.3) is 0 Å². The molecule has 0 unspecified atom stereocenters. The summed E-state index contributed by atoms with van der Waals surface area (Å²) in [5.41, 5.74) is 1.28. The molecule has 27 heavy (non-hydrogen) atoms. The standard InChI is InChI=1S/C18H22N2O5S2/c1-26(22,23)15-8-9-16(17(12-15)27(2,24)25)20-13-18(21)19-11-10-14-6-4-3-5-7-14/h3-9,12,20H,10-11,13H2,1-2H3,(H,19,21). The van der Waals surface area contributed by atoms with Crippen LogP contribution in [0.5, 0.6) is 0 Å². The van der Waals surface area contributed by atoms with E-state index in [-0.39, 0.29) is 27.9 Å². The number of rotatable bonds is 8. The van der Waals surface area contributed by atoms with E-state index in [0.717, 1.165) is 24.1 Å². The maximum Gasteiger partial charge on any atom is 0.239 e. The molecule has 0 spiro atoms. The average molecular weight is 411 g/mol. The lowest BCUT2D eigenvalue weighted by atomic mass is 10.1. The zero-order valence-corrected chi connectivity index (χ0v) is 16.7. The summed E-state index contributed by atoms with van der Waals surface area (Å²) in [7, 11) is -7.22. The monoisotopic (exact) mass is 410 g/mol. The van der Waals surface area contributed by atoms with E-state index >= 15 is 0 Å². The molecule has 0 atom stereocenters. The van der Waals surface area contributed by atoms with E-state index in [1.165, 1.54) is 12.1 Å². The van der Waals surface area contributed by atoms with E-state index < -0.39 is 19.7 Å². The van der Waals surface area contributed by atoms with Crippen molar-refractivity contribution < 1.29 is 21.6 Å². The van der Waals surface area contributed by atoms with Gasteiger partial charge >= 0.3 is 0 Å². The van der Waals surface area contributed by atoms with Crippen LogP contribution in [0.2, 0.25) is 0 Å². The van der Waals surface area contributed by atoms with Gasteiger partial charge in [0.2, 0.25) is 5.91 Å². The first kappa shape index (κ1) is 20.9. The van der Waals surface area contributed by atoms with Crippen LogP contribution in [0.3, 0.4) is 0 Å². The topological polar surface area (TPSA) is 109 Å². The number of benzene rings is 2. The van der Waals surface area contributed by atoms with Gasteiger partial charge in [-0.1, -0.05) is 30.3 Å². The van der Waals surface area contributed by atoms with Crippen LogP contribution in [0.1, 0.15) is 5.56 Å². The third-order valence-electron chi connectivity index (χ3n) is 3.80. The molecule has 0 heterocycles. The summed E-state index contributed by atoms with van der Waals surface area (Å²) in [6.07, 6.45) is 2.67. The lowest BCUT2D eigenvalue weighted by Gasteiger charge is -2.12. The summed E-state index contributed by atoms with van der Waals surface area (Å²) in [6.45, 7) is 0.325. The first-order chi connectivity index (χ1) is 12.6. The number of hydrogen-bond donors (Lipinski definition) is 2. The molecule has 9 heteroatoms. The Morgan fingerprint density at radius 1 is 0.926 bits per heavy atom. The predicted molar refractivity (Wildman–Crippen MR) is 104 cm³/mol. The number of hydrogen-bond acceptors (Lipinski definition) is 6. The van der Waals surface area contributed by atoms with Crippen molar-refractivity contribution in [1.82, 2.24) is 5.32 Å². The fourth-order valence-corrected chi connectivity index (χ4v) is 4.02. The number of carbonyl (C=O) groups excluding carboxylic acids is 1. The van der Waals surface area contributed by atoms with Crippen molar-refractivity contribution in [1.29, 1.82) is 0 Å². The number of carbonyl (C=O) groups is 1. The average Bonchev–Trinajstić information content (AvgIpc) is 2.59. The first-order valence-corrected chi connectivity index (χ1v) is 11.9. The second kappa shape index (κ2) is 8.53. The van der Waals surface area contributed by atoms with Crippen LogP contribution >= 0.6 is 0 Å². The molecule has 1 amide bonds. The summed E-state index contributed by atoms with van der Waals surface area (Å²) in [5.74, 6) is -0.294. The van der Waals surface area contributed by atoms with Crippen LogP contribution < -0.4 is 10.6 Å². The van der Waals surface area contributed by atoms with Crippen molar-refractivity contribution in [3.05, 3.63) is 54.1 Å². The van der Waals surface area contributed by atoms with Crippen molar-refractivity contribution >= 4 is 31.3 Å². The Labute approximate surface area is 159 Å². The molecule has 2 aromatic carbocycles. The second-order valence-electron chi connectivity index (χ2n) is 6.14. The lowest BCUT2D eigenvalue weighted by molar-refractivity contribution is -0.119. The zero-order chi connectivity index (χ0) is 20.1. The van der Waals surface area contributed by atoms with E-state index in [1.807, 2.05) is 30.3 Å². The molecule has 0 radical (unpaired) electrons. The van der Waals surface area contributed by atoms with Crippen LogP contribution in [0.4, 0.5) is 5.69 Å². The van der Waals surface area contributed by atoms with E-state index in [0.29, 0.717) is 13.0 Å². The van der Waals surface area contributed by atoms with Gasteiger partial charge in [0, 0.05) is 19.1 Å². The maximum atomic E-state index is 12.0. The van der Waals surface area contributed by atoms with E-state index in [2.05, 4.69) is 10.6 Å². The van der Waals surface area contributed by atoms with Gasteiger partial charge in [-0.15, -0.1) is 0 Å². The molecule has 146 valence electrons. The maximum absolute atomic E-state index is 12.0. The van der Waals surface area contributed by atoms with Crippen molar-refractivity contribution in [3.8, 4) is 0 Å². The summed E-state index contributed by atoms with van der Waals surface area (Å²) < 4.78 is 47.2. The Morgan fingerprint density at radius 2 is 1.59 bits per heavy atom. The Hall–Kier alpha value is -2.39. The molecule has 2 aromatic rings. The third-order valence-corrected chi connectivity index (χ3v) is 6.05. The molecular formula is C18H22N2O5S2. The summed E-state index contributed by atoms with van der Waals surface area (Å²) in [6, 6.07) is 13.4. The van der Waals surface area contributed by atoms with Crippen molar-refractivity contribution in [2.75, 3.05) is 30.9 Å². The SMILES string of the molecule is CS(=O)(=O)c1ccc(NCC(=O)NCCc2ccccc2)c(S(C)(=O)=O)c1. The van der Waals surface area contributed by atoms with E-state index in [4.69, 9.17) is 0 Å². The summed E-state index contributed by atoms with van der Waals surface area (Å²) >= 11 is 0. The highest BCUT2D eigenvalue weighted by molar-refractivity contribution is 7.91. The van der Waals surface area contributed by atoms with Gasteiger partial charge in [0.25, 0.3) is 0 Å². The number of nitrogens with one attached hydrogen (secondary N) is 2. The largest absolute Gasteiger partial charge is 0.375 e. The summed E-state index contributed by atoms with van der Waals surface area (Å²) in [4.78, 5) is 11.7. The Kier molecular flexibility index (Phi) is 6.61. The number of anilines is 1. The van der Waals surface area contributed by atoms with Crippen LogP contribution in [-0.4, -0.2) is 48.3 Å². The molecule has 7 nitrogen and oxygen atoms in total. The highest BCUT2D eigenvalue weighted by atomic mass is 32.2. The first-order valence-electron chi connectivity index (χ1n) is 8.16. The molecule has 0 aliphatic rings. The van der Waals surface area contributed by atoms with Gasteiger partial charge in [-0.2, -0.15) is 0 Å². The fraction of sp³-hybridized carbons (Fsp3) is 0.278. The van der Waals surface area contributed by atoms with Crippen molar-refractivity contribution in [2.24, 2.45) is 0 Å². The highest BCUT2D eigenvalue weighted by Crippen LogP contribution is 2.24. The Bertz CT molecular complexity index is 1020. The van der Waals surface area contributed by atoms with E-state index in [1.54, 1.807) is 0 Å². The molecule has 0 aliphatic carbocycles. The minimum Gasteiger partial charge on any atom is -0.375 e. The smallest absolute Gasteiger partial charge is 0.239 e. The van der Waals surface area contributed by atoms with Crippen LogP contribution in [0, 0.1) is 0 Å². The minimum atomic E-state index is -3.68. The number of amides is 1.